The summed E-state index contributed by atoms with van der Waals surface area (Å²) in [5.41, 5.74) is 0.831. The van der Waals surface area contributed by atoms with Crippen molar-refractivity contribution in [3.8, 4) is 0 Å². The highest BCUT2D eigenvalue weighted by molar-refractivity contribution is 9.10. The summed E-state index contributed by atoms with van der Waals surface area (Å²) in [5.74, 6) is -0.956. The average molecular weight is 389 g/mol. The third kappa shape index (κ3) is 4.56. The van der Waals surface area contributed by atoms with Gasteiger partial charge in [0.05, 0.1) is 15.7 Å². The van der Waals surface area contributed by atoms with Crippen molar-refractivity contribution in [3.63, 3.8) is 0 Å². The molecule has 2 aromatic rings. The molecule has 0 heterocycles. The van der Waals surface area contributed by atoms with E-state index in [9.17, 15) is 9.18 Å². The van der Waals surface area contributed by atoms with Crippen LogP contribution >= 0.6 is 39.1 Å². The van der Waals surface area contributed by atoms with Gasteiger partial charge < -0.3 is 5.32 Å². The quantitative estimate of drug-likeness (QED) is 0.686. The molecule has 2 aromatic carbocycles. The number of hydrogen-bond donors (Lipinski definition) is 1. The van der Waals surface area contributed by atoms with Gasteiger partial charge in [-0.15, -0.1) is 0 Å². The summed E-state index contributed by atoms with van der Waals surface area (Å²) >= 11 is 14.8. The largest absolute Gasteiger partial charge is 0.320 e. The van der Waals surface area contributed by atoms with Crippen LogP contribution in [0.3, 0.4) is 0 Å². The Balaban J connectivity index is 2.07. The number of carbonyl (C=O) groups excluding carboxylic acids is 1. The van der Waals surface area contributed by atoms with Crippen molar-refractivity contribution in [2.75, 3.05) is 5.32 Å². The van der Waals surface area contributed by atoms with E-state index in [-0.39, 0.29) is 5.69 Å². The predicted octanol–water partition coefficient (Wildman–Crippen LogP) is 5.55. The van der Waals surface area contributed by atoms with Crippen LogP contribution in [0.25, 0.3) is 6.08 Å². The lowest BCUT2D eigenvalue weighted by Gasteiger charge is -2.04. The first-order valence-electron chi connectivity index (χ1n) is 5.85. The van der Waals surface area contributed by atoms with Gasteiger partial charge in [0, 0.05) is 10.5 Å². The standard InChI is InChI=1S/C15H9BrCl2FNO/c16-10-3-5-14(13(19)8-10)20-15(21)6-2-9-1-4-11(17)12(18)7-9/h1-8H,(H,20,21). The second-order valence-electron chi connectivity index (χ2n) is 4.12. The molecule has 2 rings (SSSR count). The van der Waals surface area contributed by atoms with Gasteiger partial charge in [-0.2, -0.15) is 0 Å². The Morgan fingerprint density at radius 1 is 1.14 bits per heavy atom. The molecule has 0 radical (unpaired) electrons. The van der Waals surface area contributed by atoms with E-state index in [1.807, 2.05) is 0 Å². The lowest BCUT2D eigenvalue weighted by Crippen LogP contribution is -2.09. The van der Waals surface area contributed by atoms with Crippen LogP contribution in [0.4, 0.5) is 10.1 Å². The first kappa shape index (κ1) is 16.0. The Bertz CT molecular complexity index is 719. The number of rotatable bonds is 3. The molecule has 0 saturated heterocycles. The summed E-state index contributed by atoms with van der Waals surface area (Å²) in [6, 6.07) is 9.38. The fourth-order valence-electron chi connectivity index (χ4n) is 1.55. The molecule has 1 N–H and O–H groups in total. The maximum Gasteiger partial charge on any atom is 0.248 e. The van der Waals surface area contributed by atoms with E-state index in [0.717, 1.165) is 5.56 Å². The van der Waals surface area contributed by atoms with Crippen LogP contribution in [0.1, 0.15) is 5.56 Å². The van der Waals surface area contributed by atoms with Gasteiger partial charge in [0.25, 0.3) is 0 Å². The smallest absolute Gasteiger partial charge is 0.248 e. The van der Waals surface area contributed by atoms with Crippen LogP contribution in [0.5, 0.6) is 0 Å². The molecule has 0 bridgehead atoms. The van der Waals surface area contributed by atoms with E-state index in [2.05, 4.69) is 21.2 Å². The van der Waals surface area contributed by atoms with E-state index in [1.165, 1.54) is 18.2 Å². The summed E-state index contributed by atoms with van der Waals surface area (Å²) in [4.78, 5) is 11.7. The normalized spacial score (nSPS) is 10.9. The van der Waals surface area contributed by atoms with Gasteiger partial charge in [0.2, 0.25) is 5.91 Å². The first-order chi connectivity index (χ1) is 9.95. The van der Waals surface area contributed by atoms with E-state index in [1.54, 1.807) is 30.3 Å². The molecular formula is C15H9BrCl2FNO. The van der Waals surface area contributed by atoms with Gasteiger partial charge in [-0.1, -0.05) is 45.2 Å². The number of carbonyl (C=O) groups is 1. The van der Waals surface area contributed by atoms with Crippen molar-refractivity contribution in [1.29, 1.82) is 0 Å². The molecule has 0 saturated carbocycles. The summed E-state index contributed by atoms with van der Waals surface area (Å²) in [7, 11) is 0. The Kier molecular flexibility index (Phi) is 5.39. The van der Waals surface area contributed by atoms with Crippen molar-refractivity contribution in [2.24, 2.45) is 0 Å². The molecule has 6 heteroatoms. The zero-order valence-corrected chi connectivity index (χ0v) is 13.6. The fraction of sp³-hybridized carbons (Fsp3) is 0. The number of anilines is 1. The molecule has 21 heavy (non-hydrogen) atoms. The van der Waals surface area contributed by atoms with Gasteiger partial charge in [-0.25, -0.2) is 4.39 Å². The third-order valence-corrected chi connectivity index (χ3v) is 3.79. The van der Waals surface area contributed by atoms with E-state index in [0.29, 0.717) is 14.5 Å². The lowest BCUT2D eigenvalue weighted by molar-refractivity contribution is -0.111. The Hall–Kier alpha value is -1.36. The minimum absolute atomic E-state index is 0.113. The number of hydrogen-bond acceptors (Lipinski definition) is 1. The molecule has 0 aliphatic heterocycles. The van der Waals surface area contributed by atoms with Gasteiger partial charge in [-0.05, 0) is 42.0 Å². The van der Waals surface area contributed by atoms with Crippen LogP contribution < -0.4 is 5.32 Å². The second kappa shape index (κ2) is 7.07. The topological polar surface area (TPSA) is 29.1 Å². The number of amides is 1. The van der Waals surface area contributed by atoms with E-state index in [4.69, 9.17) is 23.2 Å². The van der Waals surface area contributed by atoms with Crippen LogP contribution in [0, 0.1) is 5.82 Å². The van der Waals surface area contributed by atoms with Crippen molar-refractivity contribution >= 4 is 56.8 Å². The zero-order valence-electron chi connectivity index (χ0n) is 10.5. The molecule has 108 valence electrons. The van der Waals surface area contributed by atoms with Crippen LogP contribution in [-0.2, 0) is 4.79 Å². The van der Waals surface area contributed by atoms with Crippen molar-refractivity contribution < 1.29 is 9.18 Å². The number of nitrogens with one attached hydrogen (secondary N) is 1. The summed E-state index contributed by atoms with van der Waals surface area (Å²) in [6.45, 7) is 0. The molecule has 0 aliphatic rings. The highest BCUT2D eigenvalue weighted by Crippen LogP contribution is 2.23. The second-order valence-corrected chi connectivity index (χ2v) is 5.85. The van der Waals surface area contributed by atoms with Crippen molar-refractivity contribution in [2.45, 2.75) is 0 Å². The van der Waals surface area contributed by atoms with Crippen LogP contribution in [-0.4, -0.2) is 5.91 Å². The molecule has 0 aromatic heterocycles. The van der Waals surface area contributed by atoms with Gasteiger partial charge in [-0.3, -0.25) is 4.79 Å². The van der Waals surface area contributed by atoms with Gasteiger partial charge in [0.15, 0.2) is 0 Å². The van der Waals surface area contributed by atoms with Crippen molar-refractivity contribution in [3.05, 3.63) is 68.4 Å². The van der Waals surface area contributed by atoms with Crippen LogP contribution in [0.2, 0.25) is 10.0 Å². The van der Waals surface area contributed by atoms with E-state index < -0.39 is 11.7 Å². The Morgan fingerprint density at radius 3 is 2.57 bits per heavy atom. The molecule has 0 atom stereocenters. The highest BCUT2D eigenvalue weighted by Gasteiger charge is 2.05. The zero-order chi connectivity index (χ0) is 15.4. The predicted molar refractivity (Wildman–Crippen MR) is 88.2 cm³/mol. The lowest BCUT2D eigenvalue weighted by atomic mass is 10.2. The molecule has 0 aliphatic carbocycles. The van der Waals surface area contributed by atoms with Crippen molar-refractivity contribution in [1.82, 2.24) is 0 Å². The molecule has 2 nitrogen and oxygen atoms in total. The number of benzene rings is 2. The fourth-order valence-corrected chi connectivity index (χ4v) is 2.19. The molecule has 0 unspecified atom stereocenters. The van der Waals surface area contributed by atoms with Gasteiger partial charge >= 0.3 is 0 Å². The minimum Gasteiger partial charge on any atom is -0.320 e. The first-order valence-corrected chi connectivity index (χ1v) is 7.40. The Labute approximate surface area is 139 Å². The molecule has 1 amide bonds. The maximum atomic E-state index is 13.6. The molecule has 0 fully saturated rings. The number of halogens is 4. The summed E-state index contributed by atoms with van der Waals surface area (Å²) < 4.78 is 14.2. The summed E-state index contributed by atoms with van der Waals surface area (Å²) in [5, 5.41) is 3.29. The SMILES string of the molecule is O=C(C=Cc1ccc(Cl)c(Cl)c1)Nc1ccc(Br)cc1F. The monoisotopic (exact) mass is 387 g/mol. The minimum atomic E-state index is -0.513. The average Bonchev–Trinajstić information content (AvgIpc) is 2.43. The molecule has 0 spiro atoms. The molecular weight excluding hydrogens is 380 g/mol. The van der Waals surface area contributed by atoms with Gasteiger partial charge in [0.1, 0.15) is 5.82 Å². The summed E-state index contributed by atoms with van der Waals surface area (Å²) in [6.07, 6.45) is 2.86. The Morgan fingerprint density at radius 2 is 1.90 bits per heavy atom. The highest BCUT2D eigenvalue weighted by atomic mass is 79.9. The maximum absolute atomic E-state index is 13.6. The van der Waals surface area contributed by atoms with E-state index >= 15 is 0 Å². The van der Waals surface area contributed by atoms with Crippen LogP contribution in [0.15, 0.2) is 46.9 Å². The third-order valence-electron chi connectivity index (χ3n) is 2.56.